The molecule has 0 atom stereocenters. The Bertz CT molecular complexity index is 864. The SMILES string of the molecule is COCOc1ccccc1P(c1ccccc1OC)c1ccccc1OCOC. The Morgan fingerprint density at radius 3 is 1.34 bits per heavy atom. The number of hydrogen-bond donors (Lipinski definition) is 0. The summed E-state index contributed by atoms with van der Waals surface area (Å²) >= 11 is 0. The minimum atomic E-state index is -1.03. The van der Waals surface area contributed by atoms with Crippen LogP contribution in [0, 0.1) is 0 Å². The molecule has 0 spiro atoms. The van der Waals surface area contributed by atoms with Crippen molar-refractivity contribution in [2.75, 3.05) is 34.9 Å². The lowest BCUT2D eigenvalue weighted by molar-refractivity contribution is 0.0519. The van der Waals surface area contributed by atoms with Crippen LogP contribution in [-0.2, 0) is 9.47 Å². The molecule has 0 aliphatic heterocycles. The smallest absolute Gasteiger partial charge is 0.188 e. The van der Waals surface area contributed by atoms with Gasteiger partial charge in [-0.3, -0.25) is 0 Å². The van der Waals surface area contributed by atoms with Crippen LogP contribution < -0.4 is 30.1 Å². The van der Waals surface area contributed by atoms with Gasteiger partial charge in [-0.15, -0.1) is 0 Å². The highest BCUT2D eigenvalue weighted by atomic mass is 31.1. The van der Waals surface area contributed by atoms with Crippen molar-refractivity contribution in [2.24, 2.45) is 0 Å². The normalized spacial score (nSPS) is 10.8. The number of ether oxygens (including phenoxy) is 5. The van der Waals surface area contributed by atoms with Crippen LogP contribution in [0.1, 0.15) is 0 Å². The average molecular weight is 412 g/mol. The molecule has 0 saturated heterocycles. The van der Waals surface area contributed by atoms with E-state index >= 15 is 0 Å². The molecule has 3 rings (SSSR count). The van der Waals surface area contributed by atoms with Crippen molar-refractivity contribution < 1.29 is 23.7 Å². The molecule has 0 unspecified atom stereocenters. The van der Waals surface area contributed by atoms with E-state index in [9.17, 15) is 0 Å². The quantitative estimate of drug-likeness (QED) is 0.377. The van der Waals surface area contributed by atoms with Crippen LogP contribution in [0.4, 0.5) is 0 Å². The minimum Gasteiger partial charge on any atom is -0.496 e. The first kappa shape index (κ1) is 21.1. The van der Waals surface area contributed by atoms with Crippen molar-refractivity contribution in [1.29, 1.82) is 0 Å². The highest BCUT2D eigenvalue weighted by molar-refractivity contribution is 7.80. The molecule has 5 nitrogen and oxygen atoms in total. The first-order chi connectivity index (χ1) is 14.3. The number of hydrogen-bond acceptors (Lipinski definition) is 5. The van der Waals surface area contributed by atoms with Gasteiger partial charge in [0.05, 0.1) is 7.11 Å². The highest BCUT2D eigenvalue weighted by Gasteiger charge is 2.26. The molecule has 0 aliphatic rings. The second-order valence-corrected chi connectivity index (χ2v) is 8.16. The van der Waals surface area contributed by atoms with E-state index in [0.717, 1.165) is 33.2 Å². The Balaban J connectivity index is 2.20. The Labute approximate surface area is 172 Å². The van der Waals surface area contributed by atoms with Crippen LogP contribution in [0.2, 0.25) is 0 Å². The fraction of sp³-hybridized carbons (Fsp3) is 0.217. The summed E-state index contributed by atoms with van der Waals surface area (Å²) in [6.07, 6.45) is 0. The molecule has 0 bridgehead atoms. The first-order valence-corrected chi connectivity index (χ1v) is 10.5. The zero-order chi connectivity index (χ0) is 20.5. The number of para-hydroxylation sites is 3. The maximum atomic E-state index is 5.89. The minimum absolute atomic E-state index is 0.175. The van der Waals surface area contributed by atoms with Crippen molar-refractivity contribution in [3.8, 4) is 17.2 Å². The molecule has 6 heteroatoms. The lowest BCUT2D eigenvalue weighted by atomic mass is 10.3. The van der Waals surface area contributed by atoms with Gasteiger partial charge in [0.15, 0.2) is 13.6 Å². The van der Waals surface area contributed by atoms with Crippen LogP contribution in [0.5, 0.6) is 17.2 Å². The van der Waals surface area contributed by atoms with E-state index in [-0.39, 0.29) is 13.6 Å². The van der Waals surface area contributed by atoms with E-state index < -0.39 is 7.92 Å². The summed E-state index contributed by atoms with van der Waals surface area (Å²) in [5, 5.41) is 3.18. The molecule has 0 saturated carbocycles. The summed E-state index contributed by atoms with van der Waals surface area (Å²) in [7, 11) is 3.88. The third-order valence-corrected chi connectivity index (χ3v) is 6.76. The number of benzene rings is 3. The van der Waals surface area contributed by atoms with Gasteiger partial charge >= 0.3 is 0 Å². The van der Waals surface area contributed by atoms with Gasteiger partial charge in [-0.05, 0) is 26.1 Å². The second-order valence-electron chi connectivity index (χ2n) is 6.04. The van der Waals surface area contributed by atoms with Crippen LogP contribution in [0.15, 0.2) is 72.8 Å². The summed E-state index contributed by atoms with van der Waals surface area (Å²) in [5.74, 6) is 2.36. The van der Waals surface area contributed by atoms with E-state index in [1.165, 1.54) is 0 Å². The molecule has 29 heavy (non-hydrogen) atoms. The van der Waals surface area contributed by atoms with E-state index in [2.05, 4.69) is 18.2 Å². The van der Waals surface area contributed by atoms with Gasteiger partial charge in [0.2, 0.25) is 0 Å². The summed E-state index contributed by atoms with van der Waals surface area (Å²) in [5.41, 5.74) is 0. The van der Waals surface area contributed by atoms with Gasteiger partial charge in [-0.2, -0.15) is 0 Å². The third-order valence-electron chi connectivity index (χ3n) is 4.20. The van der Waals surface area contributed by atoms with Crippen molar-refractivity contribution in [2.45, 2.75) is 0 Å². The average Bonchev–Trinajstić information content (AvgIpc) is 2.78. The Morgan fingerprint density at radius 2 is 0.931 bits per heavy atom. The fourth-order valence-corrected chi connectivity index (χ4v) is 5.57. The van der Waals surface area contributed by atoms with E-state index in [1.807, 2.05) is 54.6 Å². The molecule has 0 fully saturated rings. The van der Waals surface area contributed by atoms with E-state index in [0.29, 0.717) is 0 Å². The first-order valence-electron chi connectivity index (χ1n) is 9.14. The molecule has 0 radical (unpaired) electrons. The molecule has 3 aromatic carbocycles. The number of rotatable bonds is 10. The van der Waals surface area contributed by atoms with Crippen molar-refractivity contribution in [3.63, 3.8) is 0 Å². The second kappa shape index (κ2) is 10.8. The van der Waals surface area contributed by atoms with Gasteiger partial charge in [0.25, 0.3) is 0 Å². The van der Waals surface area contributed by atoms with Crippen LogP contribution in [-0.4, -0.2) is 34.9 Å². The largest absolute Gasteiger partial charge is 0.496 e. The Kier molecular flexibility index (Phi) is 7.88. The zero-order valence-corrected chi connectivity index (χ0v) is 17.7. The van der Waals surface area contributed by atoms with Gasteiger partial charge < -0.3 is 23.7 Å². The van der Waals surface area contributed by atoms with Crippen LogP contribution >= 0.6 is 7.92 Å². The Morgan fingerprint density at radius 1 is 0.552 bits per heavy atom. The zero-order valence-electron chi connectivity index (χ0n) is 16.8. The van der Waals surface area contributed by atoms with Crippen LogP contribution in [0.3, 0.4) is 0 Å². The molecule has 0 heterocycles. The van der Waals surface area contributed by atoms with Gasteiger partial charge in [-0.25, -0.2) is 0 Å². The van der Waals surface area contributed by atoms with Crippen molar-refractivity contribution in [3.05, 3.63) is 72.8 Å². The molecular weight excluding hydrogens is 387 g/mol. The van der Waals surface area contributed by atoms with Gasteiger partial charge in [-0.1, -0.05) is 54.6 Å². The molecule has 0 aliphatic carbocycles. The third kappa shape index (κ3) is 5.07. The van der Waals surface area contributed by atoms with Gasteiger partial charge in [0.1, 0.15) is 17.2 Å². The molecule has 0 aromatic heterocycles. The summed E-state index contributed by atoms with van der Waals surface area (Å²) in [6, 6.07) is 24.1. The molecular formula is C23H25O5P. The summed E-state index contributed by atoms with van der Waals surface area (Å²) in [4.78, 5) is 0. The number of methoxy groups -OCH3 is 3. The topological polar surface area (TPSA) is 46.2 Å². The maximum absolute atomic E-state index is 5.89. The highest BCUT2D eigenvalue weighted by Crippen LogP contribution is 2.42. The van der Waals surface area contributed by atoms with Crippen molar-refractivity contribution >= 4 is 23.8 Å². The predicted molar refractivity (Wildman–Crippen MR) is 117 cm³/mol. The predicted octanol–water partition coefficient (Wildman–Crippen LogP) is 3.42. The summed E-state index contributed by atoms with van der Waals surface area (Å²) in [6.45, 7) is 0.349. The molecule has 152 valence electrons. The van der Waals surface area contributed by atoms with Crippen LogP contribution in [0.25, 0.3) is 0 Å². The van der Waals surface area contributed by atoms with Crippen molar-refractivity contribution in [1.82, 2.24) is 0 Å². The molecule has 0 amide bonds. The van der Waals surface area contributed by atoms with Gasteiger partial charge in [0, 0.05) is 30.1 Å². The monoisotopic (exact) mass is 412 g/mol. The standard InChI is InChI=1S/C23H25O5P/c1-24-16-27-19-11-5-8-14-22(19)29(21-13-7-4-10-18(21)26-3)23-15-9-6-12-20(23)28-17-25-2/h4-15H,16-17H2,1-3H3. The lowest BCUT2D eigenvalue weighted by Gasteiger charge is -2.25. The van der Waals surface area contributed by atoms with E-state index in [1.54, 1.807) is 21.3 Å². The molecule has 3 aromatic rings. The molecule has 0 N–H and O–H groups in total. The lowest BCUT2D eigenvalue weighted by Crippen LogP contribution is -2.25. The fourth-order valence-electron chi connectivity index (χ4n) is 2.98. The Hall–Kier alpha value is -2.59. The van der Waals surface area contributed by atoms with E-state index in [4.69, 9.17) is 23.7 Å². The maximum Gasteiger partial charge on any atom is 0.188 e. The summed E-state index contributed by atoms with van der Waals surface area (Å²) < 4.78 is 27.7.